The summed E-state index contributed by atoms with van der Waals surface area (Å²) in [4.78, 5) is 39.1. The largest absolute Gasteiger partial charge is 0.489 e. The molecular formula is C52H52Cl2N4O8. The Morgan fingerprint density at radius 3 is 1.68 bits per heavy atom. The molecule has 342 valence electrons. The molecule has 0 atom stereocenters. The van der Waals surface area contributed by atoms with E-state index < -0.39 is 5.76 Å². The van der Waals surface area contributed by atoms with E-state index >= 15 is 0 Å². The van der Waals surface area contributed by atoms with Gasteiger partial charge in [-0.25, -0.2) is 9.59 Å². The summed E-state index contributed by atoms with van der Waals surface area (Å²) in [5, 5.41) is 7.70. The minimum absolute atomic E-state index is 0.00520. The van der Waals surface area contributed by atoms with Crippen molar-refractivity contribution in [3.8, 4) is 34.5 Å². The molecule has 1 N–H and O–H groups in total. The van der Waals surface area contributed by atoms with Crippen LogP contribution in [0, 0.1) is 0 Å². The number of urea groups is 1. The summed E-state index contributed by atoms with van der Waals surface area (Å²) < 4.78 is 29.5. The Morgan fingerprint density at radius 2 is 1.18 bits per heavy atom. The van der Waals surface area contributed by atoms with Crippen LogP contribution in [0.4, 0.5) is 4.79 Å². The highest BCUT2D eigenvalue weighted by atomic mass is 35.5. The van der Waals surface area contributed by atoms with Crippen LogP contribution < -0.4 is 30.0 Å². The van der Waals surface area contributed by atoms with Crippen molar-refractivity contribution in [2.24, 2.45) is 0 Å². The van der Waals surface area contributed by atoms with Crippen molar-refractivity contribution in [2.45, 2.75) is 66.2 Å². The number of Topliss-reactive ketones (excluding diaryl/α,β-unsaturated/α-hetero) is 1. The van der Waals surface area contributed by atoms with Crippen molar-refractivity contribution in [1.29, 1.82) is 0 Å². The van der Waals surface area contributed by atoms with Gasteiger partial charge in [-0.15, -0.1) is 5.10 Å². The number of hydrogen-bond acceptors (Lipinski definition) is 9. The van der Waals surface area contributed by atoms with E-state index in [-0.39, 0.29) is 49.5 Å². The SMILES string of the molecule is CC(C)Oc1ccc(-c2nn(Cc3ccc(OCc4ccccc4)cc3)c(=O)o2)cc1Cl.CNC(=O)N(CC(=O)c1ccc(OC(C)C)c(Cl)c1)Cc1ccc(OCc2ccccc2)cc1. The lowest BCUT2D eigenvalue weighted by atomic mass is 10.1. The summed E-state index contributed by atoms with van der Waals surface area (Å²) in [5.74, 6) is 2.02. The Kier molecular flexibility index (Phi) is 17.4. The molecule has 0 saturated heterocycles. The maximum Gasteiger partial charge on any atom is 0.437 e. The molecule has 0 aliphatic heterocycles. The molecule has 2 amide bonds. The molecule has 0 aliphatic carbocycles. The first-order chi connectivity index (χ1) is 31.8. The number of carbonyl (C=O) groups excluding carboxylic acids is 2. The second-order valence-corrected chi connectivity index (χ2v) is 16.4. The molecule has 6 aromatic carbocycles. The zero-order valence-electron chi connectivity index (χ0n) is 37.4. The van der Waals surface area contributed by atoms with Crippen molar-refractivity contribution in [1.82, 2.24) is 20.0 Å². The standard InChI is InChI=1S/C27H29ClN2O4.C25H23ClN2O4/c1-19(2)34-26-14-11-22(15-24(26)28)25(31)17-30(27(32)29-3)16-20-9-12-23(13-10-20)33-18-21-7-5-4-6-8-21;1-17(2)31-23-13-10-20(14-22(23)26)24-27-28(25(29)32-24)15-18-8-11-21(12-9-18)30-16-19-6-4-3-5-7-19/h4-15,19H,16-18H2,1-3H3,(H,29,32);3-14,17H,15-16H2,1-2H3. The molecule has 0 fully saturated rings. The fourth-order valence-electron chi connectivity index (χ4n) is 6.41. The summed E-state index contributed by atoms with van der Waals surface area (Å²) in [7, 11) is 1.54. The van der Waals surface area contributed by atoms with E-state index in [1.165, 1.54) is 16.6 Å². The van der Waals surface area contributed by atoms with Gasteiger partial charge >= 0.3 is 11.8 Å². The molecule has 0 spiro atoms. The molecule has 1 aromatic heterocycles. The van der Waals surface area contributed by atoms with E-state index in [1.54, 1.807) is 36.4 Å². The Bertz CT molecular complexity index is 2710. The third-order valence-electron chi connectivity index (χ3n) is 9.65. The first-order valence-electron chi connectivity index (χ1n) is 21.4. The van der Waals surface area contributed by atoms with Gasteiger partial charge in [-0.05, 0) is 111 Å². The average Bonchev–Trinajstić information content (AvgIpc) is 3.69. The average molecular weight is 932 g/mol. The number of carbonyl (C=O) groups is 2. The van der Waals surface area contributed by atoms with Crippen molar-refractivity contribution >= 4 is 35.0 Å². The fourth-order valence-corrected chi connectivity index (χ4v) is 6.86. The van der Waals surface area contributed by atoms with Crippen LogP contribution in [0.2, 0.25) is 10.0 Å². The number of halogens is 2. The number of benzene rings is 6. The normalized spacial score (nSPS) is 10.8. The highest BCUT2D eigenvalue weighted by Gasteiger charge is 2.19. The number of amides is 2. The van der Waals surface area contributed by atoms with Crippen LogP contribution in [0.5, 0.6) is 23.0 Å². The van der Waals surface area contributed by atoms with E-state index in [4.69, 9.17) is 46.6 Å². The van der Waals surface area contributed by atoms with Gasteiger partial charge in [-0.1, -0.05) is 108 Å². The Hall–Kier alpha value is -7.02. The molecule has 0 aliphatic rings. The zero-order valence-corrected chi connectivity index (χ0v) is 38.9. The van der Waals surface area contributed by atoms with Gasteiger partial charge in [0.15, 0.2) is 5.78 Å². The van der Waals surface area contributed by atoms with Crippen LogP contribution in [0.15, 0.2) is 155 Å². The van der Waals surface area contributed by atoms with Gasteiger partial charge < -0.3 is 33.6 Å². The molecule has 12 nitrogen and oxygen atoms in total. The predicted molar refractivity (Wildman–Crippen MR) is 257 cm³/mol. The highest BCUT2D eigenvalue weighted by Crippen LogP contribution is 2.30. The molecule has 14 heteroatoms. The summed E-state index contributed by atoms with van der Waals surface area (Å²) in [6.45, 7) is 9.08. The first kappa shape index (κ1) is 48.4. The van der Waals surface area contributed by atoms with Crippen molar-refractivity contribution < 1.29 is 33.0 Å². The number of nitrogens with zero attached hydrogens (tertiary/aromatic N) is 3. The molecule has 0 unspecified atom stereocenters. The molecule has 1 heterocycles. The molecule has 66 heavy (non-hydrogen) atoms. The molecular weight excluding hydrogens is 879 g/mol. The van der Waals surface area contributed by atoms with Gasteiger partial charge in [0.2, 0.25) is 5.89 Å². The number of ketones is 1. The molecule has 0 bridgehead atoms. The van der Waals surface area contributed by atoms with Crippen molar-refractivity contribution in [3.63, 3.8) is 0 Å². The minimum Gasteiger partial charge on any atom is -0.489 e. The Morgan fingerprint density at radius 1 is 0.667 bits per heavy atom. The number of hydrogen-bond donors (Lipinski definition) is 1. The second kappa shape index (κ2) is 23.8. The summed E-state index contributed by atoms with van der Waals surface area (Å²) >= 11 is 12.6. The number of nitrogens with one attached hydrogen (secondary N) is 1. The quantitative estimate of drug-likeness (QED) is 0.0835. The zero-order chi connectivity index (χ0) is 47.0. The fraction of sp³-hybridized carbons (Fsp3) is 0.231. The Balaban J connectivity index is 0.000000219. The molecule has 7 aromatic rings. The lowest BCUT2D eigenvalue weighted by molar-refractivity contribution is 0.0940. The maximum atomic E-state index is 12.9. The topological polar surface area (TPSA) is 134 Å². The van der Waals surface area contributed by atoms with Crippen LogP contribution in [0.25, 0.3) is 11.5 Å². The summed E-state index contributed by atoms with van der Waals surface area (Å²) in [5.41, 5.74) is 4.98. The van der Waals surface area contributed by atoms with Gasteiger partial charge in [-0.3, -0.25) is 4.79 Å². The van der Waals surface area contributed by atoms with Crippen LogP contribution in [0.3, 0.4) is 0 Å². The summed E-state index contributed by atoms with van der Waals surface area (Å²) in [6, 6.07) is 44.6. The van der Waals surface area contributed by atoms with Gasteiger partial charge in [0.25, 0.3) is 0 Å². The smallest absolute Gasteiger partial charge is 0.437 e. The third-order valence-corrected chi connectivity index (χ3v) is 10.2. The monoisotopic (exact) mass is 930 g/mol. The van der Waals surface area contributed by atoms with Gasteiger partial charge in [0.05, 0.1) is 35.3 Å². The van der Waals surface area contributed by atoms with E-state index in [0.29, 0.717) is 45.9 Å². The van der Waals surface area contributed by atoms with E-state index in [1.807, 2.05) is 137 Å². The lowest BCUT2D eigenvalue weighted by Gasteiger charge is -2.22. The maximum absolute atomic E-state index is 12.9. The van der Waals surface area contributed by atoms with Crippen LogP contribution >= 0.6 is 23.2 Å². The Labute approximate surface area is 394 Å². The lowest BCUT2D eigenvalue weighted by Crippen LogP contribution is -2.40. The van der Waals surface area contributed by atoms with Gasteiger partial charge in [-0.2, -0.15) is 4.68 Å². The molecule has 0 saturated carbocycles. The second-order valence-electron chi connectivity index (χ2n) is 15.6. The van der Waals surface area contributed by atoms with Crippen LogP contribution in [0.1, 0.15) is 60.3 Å². The van der Waals surface area contributed by atoms with E-state index in [2.05, 4.69) is 10.4 Å². The van der Waals surface area contributed by atoms with Crippen LogP contribution in [-0.4, -0.2) is 52.3 Å². The van der Waals surface area contributed by atoms with Gasteiger partial charge in [0.1, 0.15) is 36.2 Å². The molecule has 0 radical (unpaired) electrons. The van der Waals surface area contributed by atoms with Crippen LogP contribution in [-0.2, 0) is 26.3 Å². The predicted octanol–water partition coefficient (Wildman–Crippen LogP) is 11.3. The highest BCUT2D eigenvalue weighted by molar-refractivity contribution is 6.32. The number of aromatic nitrogens is 2. The first-order valence-corrected chi connectivity index (χ1v) is 22.1. The van der Waals surface area contributed by atoms with Crippen molar-refractivity contribution in [3.05, 3.63) is 194 Å². The summed E-state index contributed by atoms with van der Waals surface area (Å²) in [6.07, 6.45) is -0.0245. The number of ether oxygens (including phenoxy) is 4. The van der Waals surface area contributed by atoms with Crippen molar-refractivity contribution in [2.75, 3.05) is 13.6 Å². The third kappa shape index (κ3) is 14.5. The van der Waals surface area contributed by atoms with E-state index in [0.717, 1.165) is 33.8 Å². The number of rotatable bonds is 18. The van der Waals surface area contributed by atoms with E-state index in [9.17, 15) is 14.4 Å². The molecule has 7 rings (SSSR count). The van der Waals surface area contributed by atoms with Gasteiger partial charge in [0, 0.05) is 24.7 Å². The minimum atomic E-state index is -0.539.